The number of hydrogen-bond acceptors (Lipinski definition) is 3. The van der Waals surface area contributed by atoms with Crippen molar-refractivity contribution < 1.29 is 8.78 Å². The summed E-state index contributed by atoms with van der Waals surface area (Å²) >= 11 is 1.27. The second-order valence-corrected chi connectivity index (χ2v) is 4.35. The molecule has 86 valence electrons. The Morgan fingerprint density at radius 1 is 1.00 bits per heavy atom. The largest absolute Gasteiger partial charge is 0.310 e. The number of para-hydroxylation sites is 2. The topological polar surface area (TPSA) is 15.3 Å². The van der Waals surface area contributed by atoms with Crippen molar-refractivity contribution in [2.75, 3.05) is 9.03 Å². The molecule has 0 radical (unpaired) electrons. The van der Waals surface area contributed by atoms with E-state index >= 15 is 0 Å². The fourth-order valence-corrected chi connectivity index (χ4v) is 2.57. The molecule has 0 amide bonds. The second-order valence-electron chi connectivity index (χ2n) is 3.60. The Hall–Kier alpha value is -1.75. The van der Waals surface area contributed by atoms with E-state index < -0.39 is 11.6 Å². The van der Waals surface area contributed by atoms with E-state index in [0.717, 1.165) is 17.4 Å². The first kappa shape index (κ1) is 10.4. The van der Waals surface area contributed by atoms with Gasteiger partial charge in [0.05, 0.1) is 29.2 Å². The van der Waals surface area contributed by atoms with Crippen molar-refractivity contribution in [1.29, 1.82) is 0 Å². The third kappa shape index (κ3) is 1.72. The van der Waals surface area contributed by atoms with Crippen LogP contribution < -0.4 is 9.03 Å². The van der Waals surface area contributed by atoms with Crippen LogP contribution in [-0.4, -0.2) is 0 Å². The van der Waals surface area contributed by atoms with Crippen LogP contribution >= 0.6 is 12.1 Å². The molecule has 1 heterocycles. The summed E-state index contributed by atoms with van der Waals surface area (Å²) in [5.41, 5.74) is 2.12. The van der Waals surface area contributed by atoms with E-state index in [-0.39, 0.29) is 0 Å². The Bertz CT molecular complexity index is 574. The average Bonchev–Trinajstić information content (AvgIpc) is 2.73. The zero-order valence-corrected chi connectivity index (χ0v) is 9.47. The van der Waals surface area contributed by atoms with Gasteiger partial charge in [-0.25, -0.2) is 8.78 Å². The Kier molecular flexibility index (Phi) is 2.40. The second kappa shape index (κ2) is 3.92. The van der Waals surface area contributed by atoms with Crippen molar-refractivity contribution in [2.45, 2.75) is 0 Å². The lowest BCUT2D eigenvalue weighted by Gasteiger charge is -2.16. The van der Waals surface area contributed by atoms with Crippen LogP contribution in [0.4, 0.5) is 25.8 Å². The monoisotopic (exact) mass is 250 g/mol. The van der Waals surface area contributed by atoms with Crippen molar-refractivity contribution in [3.05, 3.63) is 54.1 Å². The zero-order chi connectivity index (χ0) is 11.8. The van der Waals surface area contributed by atoms with E-state index in [4.69, 9.17) is 0 Å². The van der Waals surface area contributed by atoms with E-state index in [1.54, 1.807) is 4.31 Å². The summed E-state index contributed by atoms with van der Waals surface area (Å²) in [5, 5.41) is 0. The minimum absolute atomic E-state index is 0.342. The molecule has 3 rings (SSSR count). The molecule has 2 aromatic rings. The van der Waals surface area contributed by atoms with E-state index in [9.17, 15) is 8.78 Å². The standard InChI is InChI=1S/C12H8F2N2S/c13-8-5-6-11(9(14)7-8)16-12-4-2-1-3-10(12)15-17-16/h1-7,15H. The van der Waals surface area contributed by atoms with Gasteiger partial charge < -0.3 is 4.72 Å². The molecule has 1 N–H and O–H groups in total. The number of halogens is 2. The van der Waals surface area contributed by atoms with Gasteiger partial charge in [0.15, 0.2) is 5.82 Å². The average molecular weight is 250 g/mol. The highest BCUT2D eigenvalue weighted by atomic mass is 32.2. The summed E-state index contributed by atoms with van der Waals surface area (Å²) in [5.74, 6) is -1.15. The highest BCUT2D eigenvalue weighted by Crippen LogP contribution is 2.44. The molecule has 0 saturated carbocycles. The summed E-state index contributed by atoms with van der Waals surface area (Å²) in [7, 11) is 0. The Morgan fingerprint density at radius 2 is 1.82 bits per heavy atom. The summed E-state index contributed by atoms with van der Waals surface area (Å²) in [4.78, 5) is 0. The van der Waals surface area contributed by atoms with Gasteiger partial charge in [-0.05, 0) is 24.3 Å². The van der Waals surface area contributed by atoms with Crippen molar-refractivity contribution in [2.24, 2.45) is 0 Å². The summed E-state index contributed by atoms with van der Waals surface area (Å²) in [6.45, 7) is 0. The van der Waals surface area contributed by atoms with Crippen LogP contribution in [0.5, 0.6) is 0 Å². The number of fused-ring (bicyclic) bond motifs is 1. The molecular formula is C12H8F2N2S. The fraction of sp³-hybridized carbons (Fsp3) is 0. The fourth-order valence-electron chi connectivity index (χ4n) is 1.71. The first-order valence-corrected chi connectivity index (χ1v) is 5.80. The third-order valence-corrected chi connectivity index (χ3v) is 3.39. The highest BCUT2D eigenvalue weighted by Gasteiger charge is 2.23. The minimum Gasteiger partial charge on any atom is -0.310 e. The molecular weight excluding hydrogens is 242 g/mol. The number of rotatable bonds is 1. The van der Waals surface area contributed by atoms with Gasteiger partial charge in [0.2, 0.25) is 0 Å². The highest BCUT2D eigenvalue weighted by molar-refractivity contribution is 8.02. The maximum atomic E-state index is 13.7. The Labute approximate surface area is 102 Å². The van der Waals surface area contributed by atoms with Gasteiger partial charge in [0.25, 0.3) is 0 Å². The third-order valence-electron chi connectivity index (χ3n) is 2.50. The molecule has 0 saturated heterocycles. The normalized spacial score (nSPS) is 13.4. The number of nitrogens with one attached hydrogen (secondary N) is 1. The molecule has 1 aliphatic rings. The van der Waals surface area contributed by atoms with Crippen LogP contribution in [-0.2, 0) is 0 Å². The summed E-state index contributed by atoms with van der Waals surface area (Å²) in [6.07, 6.45) is 0. The molecule has 0 aromatic heterocycles. The lowest BCUT2D eigenvalue weighted by atomic mass is 10.2. The van der Waals surface area contributed by atoms with Gasteiger partial charge >= 0.3 is 0 Å². The van der Waals surface area contributed by atoms with E-state index in [1.807, 2.05) is 24.3 Å². The SMILES string of the molecule is Fc1ccc(N2SNc3ccccc32)c(F)c1. The maximum absolute atomic E-state index is 13.7. The van der Waals surface area contributed by atoms with Crippen LogP contribution in [0.1, 0.15) is 0 Å². The quantitative estimate of drug-likeness (QED) is 0.767. The number of anilines is 3. The molecule has 0 unspecified atom stereocenters. The molecule has 2 aromatic carbocycles. The number of hydrogen-bond donors (Lipinski definition) is 1. The number of benzene rings is 2. The van der Waals surface area contributed by atoms with Crippen molar-refractivity contribution in [1.82, 2.24) is 0 Å². The van der Waals surface area contributed by atoms with Gasteiger partial charge in [-0.15, -0.1) is 0 Å². The van der Waals surface area contributed by atoms with Crippen LogP contribution in [0.25, 0.3) is 0 Å². The predicted octanol–water partition coefficient (Wildman–Crippen LogP) is 4.09. The zero-order valence-electron chi connectivity index (χ0n) is 8.65. The van der Waals surface area contributed by atoms with Gasteiger partial charge in [-0.3, -0.25) is 4.31 Å². The lowest BCUT2D eigenvalue weighted by molar-refractivity contribution is 0.585. The molecule has 17 heavy (non-hydrogen) atoms. The van der Waals surface area contributed by atoms with E-state index in [2.05, 4.69) is 4.72 Å². The van der Waals surface area contributed by atoms with Crippen LogP contribution in [0, 0.1) is 11.6 Å². The Balaban J connectivity index is 2.07. The summed E-state index contributed by atoms with van der Waals surface area (Å²) < 4.78 is 31.3. The van der Waals surface area contributed by atoms with Crippen molar-refractivity contribution >= 4 is 29.2 Å². The van der Waals surface area contributed by atoms with Gasteiger partial charge in [-0.2, -0.15) is 0 Å². The van der Waals surface area contributed by atoms with Gasteiger partial charge in [0.1, 0.15) is 5.82 Å². The lowest BCUT2D eigenvalue weighted by Crippen LogP contribution is -2.05. The first-order chi connectivity index (χ1) is 8.25. The van der Waals surface area contributed by atoms with Crippen molar-refractivity contribution in [3.63, 3.8) is 0 Å². The molecule has 5 heteroatoms. The van der Waals surface area contributed by atoms with Crippen molar-refractivity contribution in [3.8, 4) is 0 Å². The summed E-state index contributed by atoms with van der Waals surface area (Å²) in [6, 6.07) is 11.1. The predicted molar refractivity (Wildman–Crippen MR) is 66.2 cm³/mol. The van der Waals surface area contributed by atoms with Crippen LogP contribution in [0.2, 0.25) is 0 Å². The van der Waals surface area contributed by atoms with Crippen LogP contribution in [0.3, 0.4) is 0 Å². The Morgan fingerprint density at radius 3 is 2.65 bits per heavy atom. The molecule has 1 aliphatic heterocycles. The molecule has 0 fully saturated rings. The molecule has 0 bridgehead atoms. The molecule has 2 nitrogen and oxygen atoms in total. The maximum Gasteiger partial charge on any atom is 0.150 e. The van der Waals surface area contributed by atoms with E-state index in [1.165, 1.54) is 24.3 Å². The molecule has 0 aliphatic carbocycles. The van der Waals surface area contributed by atoms with E-state index in [0.29, 0.717) is 5.69 Å². The number of nitrogens with zero attached hydrogens (tertiary/aromatic N) is 1. The smallest absolute Gasteiger partial charge is 0.150 e. The van der Waals surface area contributed by atoms with Crippen LogP contribution in [0.15, 0.2) is 42.5 Å². The first-order valence-electron chi connectivity index (χ1n) is 5.03. The van der Waals surface area contributed by atoms with Gasteiger partial charge in [0, 0.05) is 6.07 Å². The molecule has 0 spiro atoms. The van der Waals surface area contributed by atoms with Gasteiger partial charge in [-0.1, -0.05) is 12.1 Å². The molecule has 0 atom stereocenters. The minimum atomic E-state index is -0.573.